The molecule has 0 aliphatic carbocycles. The highest BCUT2D eigenvalue weighted by Crippen LogP contribution is 2.09. The molecule has 0 radical (unpaired) electrons. The smallest absolute Gasteiger partial charge is 0.106 e. The standard InChI is InChI=1S/C8H12N2S/c1-5-3-7(6(2)9)4-10-8(5)11/h3-4,6H,9H2,1-2H3,(H,10,11)/t6-/m1/s1. The fourth-order valence-electron chi connectivity index (χ4n) is 0.883. The summed E-state index contributed by atoms with van der Waals surface area (Å²) >= 11 is 5.00. The molecular weight excluding hydrogens is 156 g/mol. The van der Waals surface area contributed by atoms with Crippen LogP contribution in [0.25, 0.3) is 0 Å². The maximum Gasteiger partial charge on any atom is 0.106 e. The van der Waals surface area contributed by atoms with Crippen LogP contribution in [-0.2, 0) is 0 Å². The van der Waals surface area contributed by atoms with Crippen LogP contribution in [0.3, 0.4) is 0 Å². The first kappa shape index (κ1) is 8.43. The van der Waals surface area contributed by atoms with Crippen molar-refractivity contribution in [3.05, 3.63) is 28.0 Å². The molecule has 0 fully saturated rings. The second-order valence-corrected chi connectivity index (χ2v) is 3.14. The second-order valence-electron chi connectivity index (χ2n) is 2.73. The van der Waals surface area contributed by atoms with Crippen LogP contribution in [-0.4, -0.2) is 4.98 Å². The van der Waals surface area contributed by atoms with Gasteiger partial charge in [0.2, 0.25) is 0 Å². The molecule has 2 nitrogen and oxygen atoms in total. The molecular formula is C8H12N2S. The Bertz CT molecular complexity index is 301. The van der Waals surface area contributed by atoms with E-state index < -0.39 is 0 Å². The van der Waals surface area contributed by atoms with Gasteiger partial charge in [-0.25, -0.2) is 0 Å². The van der Waals surface area contributed by atoms with Gasteiger partial charge in [0.05, 0.1) is 0 Å². The van der Waals surface area contributed by atoms with Crippen molar-refractivity contribution in [2.24, 2.45) is 5.73 Å². The number of nitrogens with two attached hydrogens (primary N) is 1. The van der Waals surface area contributed by atoms with E-state index in [0.717, 1.165) is 15.8 Å². The molecule has 0 saturated heterocycles. The van der Waals surface area contributed by atoms with Gasteiger partial charge < -0.3 is 10.7 Å². The molecule has 0 aromatic carbocycles. The number of aromatic amines is 1. The number of hydrogen-bond acceptors (Lipinski definition) is 2. The first-order valence-electron chi connectivity index (χ1n) is 3.56. The Morgan fingerprint density at radius 2 is 2.27 bits per heavy atom. The molecule has 3 heteroatoms. The number of aromatic nitrogens is 1. The minimum absolute atomic E-state index is 0.0700. The molecule has 0 bridgehead atoms. The third-order valence-electron chi connectivity index (χ3n) is 1.64. The molecule has 0 spiro atoms. The Hall–Kier alpha value is -0.670. The van der Waals surface area contributed by atoms with Crippen LogP contribution in [0.2, 0.25) is 0 Å². The normalized spacial score (nSPS) is 13.0. The Labute approximate surface area is 71.4 Å². The van der Waals surface area contributed by atoms with Gasteiger partial charge in [0.15, 0.2) is 0 Å². The van der Waals surface area contributed by atoms with E-state index in [1.165, 1.54) is 0 Å². The summed E-state index contributed by atoms with van der Waals surface area (Å²) in [6.07, 6.45) is 1.86. The zero-order chi connectivity index (χ0) is 8.43. The van der Waals surface area contributed by atoms with Crippen molar-refractivity contribution in [1.29, 1.82) is 0 Å². The molecule has 0 aliphatic rings. The lowest BCUT2D eigenvalue weighted by atomic mass is 10.1. The van der Waals surface area contributed by atoms with Crippen molar-refractivity contribution in [3.63, 3.8) is 0 Å². The fourth-order valence-corrected chi connectivity index (χ4v) is 1.00. The van der Waals surface area contributed by atoms with Gasteiger partial charge in [0.1, 0.15) is 4.64 Å². The monoisotopic (exact) mass is 168 g/mol. The Morgan fingerprint density at radius 3 is 2.73 bits per heavy atom. The fraction of sp³-hybridized carbons (Fsp3) is 0.375. The molecule has 1 rings (SSSR count). The molecule has 1 aromatic heterocycles. The van der Waals surface area contributed by atoms with Gasteiger partial charge in [0.25, 0.3) is 0 Å². The van der Waals surface area contributed by atoms with Crippen LogP contribution in [0.5, 0.6) is 0 Å². The van der Waals surface area contributed by atoms with Crippen molar-refractivity contribution in [1.82, 2.24) is 4.98 Å². The maximum absolute atomic E-state index is 5.68. The van der Waals surface area contributed by atoms with Crippen molar-refractivity contribution in [3.8, 4) is 0 Å². The van der Waals surface area contributed by atoms with E-state index in [9.17, 15) is 0 Å². The van der Waals surface area contributed by atoms with E-state index >= 15 is 0 Å². The van der Waals surface area contributed by atoms with E-state index in [1.54, 1.807) is 0 Å². The first-order chi connectivity index (χ1) is 5.11. The lowest BCUT2D eigenvalue weighted by molar-refractivity contribution is 0.809. The number of nitrogens with one attached hydrogen (secondary N) is 1. The summed E-state index contributed by atoms with van der Waals surface area (Å²) in [6, 6.07) is 2.09. The molecule has 3 N–H and O–H groups in total. The second kappa shape index (κ2) is 3.15. The lowest BCUT2D eigenvalue weighted by Gasteiger charge is -2.05. The molecule has 1 aromatic rings. The Balaban J connectivity index is 3.15. The van der Waals surface area contributed by atoms with Crippen molar-refractivity contribution in [2.45, 2.75) is 19.9 Å². The number of aryl methyl sites for hydroxylation is 1. The predicted molar refractivity (Wildman–Crippen MR) is 49.0 cm³/mol. The van der Waals surface area contributed by atoms with Gasteiger partial charge in [-0.2, -0.15) is 0 Å². The minimum atomic E-state index is 0.0700. The largest absolute Gasteiger partial charge is 0.352 e. The summed E-state index contributed by atoms with van der Waals surface area (Å²) in [6.45, 7) is 3.93. The van der Waals surface area contributed by atoms with Crippen molar-refractivity contribution in [2.75, 3.05) is 0 Å². The molecule has 1 heterocycles. The van der Waals surface area contributed by atoms with Crippen LogP contribution in [0.15, 0.2) is 12.3 Å². The zero-order valence-corrected chi connectivity index (χ0v) is 7.53. The summed E-state index contributed by atoms with van der Waals surface area (Å²) in [5.41, 5.74) is 7.85. The average molecular weight is 168 g/mol. The average Bonchev–Trinajstić information content (AvgIpc) is 1.94. The van der Waals surface area contributed by atoms with E-state index in [2.05, 4.69) is 4.98 Å². The quantitative estimate of drug-likeness (QED) is 0.630. The van der Waals surface area contributed by atoms with Crippen LogP contribution in [0.1, 0.15) is 24.1 Å². The molecule has 0 amide bonds. The molecule has 0 saturated carbocycles. The Kier molecular flexibility index (Phi) is 2.42. The zero-order valence-electron chi connectivity index (χ0n) is 6.72. The SMILES string of the molecule is Cc1cc([C@@H](C)N)c[nH]c1=S. The van der Waals surface area contributed by atoms with Gasteiger partial charge >= 0.3 is 0 Å². The van der Waals surface area contributed by atoms with E-state index in [4.69, 9.17) is 18.0 Å². The maximum atomic E-state index is 5.68. The van der Waals surface area contributed by atoms with Crippen LogP contribution < -0.4 is 5.73 Å². The highest BCUT2D eigenvalue weighted by Gasteiger charge is 1.98. The number of hydrogen-bond donors (Lipinski definition) is 2. The molecule has 1 atom stereocenters. The first-order valence-corrected chi connectivity index (χ1v) is 3.97. The number of pyridine rings is 1. The van der Waals surface area contributed by atoms with E-state index in [-0.39, 0.29) is 6.04 Å². The van der Waals surface area contributed by atoms with Crippen LogP contribution in [0, 0.1) is 11.6 Å². The molecule has 60 valence electrons. The number of rotatable bonds is 1. The highest BCUT2D eigenvalue weighted by molar-refractivity contribution is 7.71. The number of H-pyrrole nitrogens is 1. The van der Waals surface area contributed by atoms with E-state index in [1.807, 2.05) is 26.1 Å². The Morgan fingerprint density at radius 1 is 1.64 bits per heavy atom. The van der Waals surface area contributed by atoms with Gasteiger partial charge in [-0.1, -0.05) is 18.3 Å². The minimum Gasteiger partial charge on any atom is -0.352 e. The highest BCUT2D eigenvalue weighted by atomic mass is 32.1. The van der Waals surface area contributed by atoms with Gasteiger partial charge in [-0.3, -0.25) is 0 Å². The topological polar surface area (TPSA) is 41.8 Å². The van der Waals surface area contributed by atoms with Crippen LogP contribution in [0.4, 0.5) is 0 Å². The molecule has 0 unspecified atom stereocenters. The lowest BCUT2D eigenvalue weighted by Crippen LogP contribution is -2.05. The molecule has 11 heavy (non-hydrogen) atoms. The summed E-state index contributed by atoms with van der Waals surface area (Å²) in [7, 11) is 0. The van der Waals surface area contributed by atoms with Gasteiger partial charge in [0, 0.05) is 12.2 Å². The summed E-state index contributed by atoms with van der Waals surface area (Å²) < 4.78 is 0.786. The third-order valence-corrected chi connectivity index (χ3v) is 2.08. The predicted octanol–water partition coefficient (Wildman–Crippen LogP) is 2.07. The van der Waals surface area contributed by atoms with E-state index in [0.29, 0.717) is 0 Å². The van der Waals surface area contributed by atoms with Crippen molar-refractivity contribution >= 4 is 12.2 Å². The van der Waals surface area contributed by atoms with Gasteiger partial charge in [-0.05, 0) is 25.0 Å². The molecule has 0 aliphatic heterocycles. The summed E-state index contributed by atoms with van der Waals surface area (Å²) in [5.74, 6) is 0. The van der Waals surface area contributed by atoms with Crippen LogP contribution >= 0.6 is 12.2 Å². The summed E-state index contributed by atoms with van der Waals surface area (Å²) in [5, 5.41) is 0. The third kappa shape index (κ3) is 1.88. The van der Waals surface area contributed by atoms with Gasteiger partial charge in [-0.15, -0.1) is 0 Å². The van der Waals surface area contributed by atoms with Crippen molar-refractivity contribution < 1.29 is 0 Å². The summed E-state index contributed by atoms with van der Waals surface area (Å²) in [4.78, 5) is 2.98.